The predicted molar refractivity (Wildman–Crippen MR) is 75.4 cm³/mol. The normalized spacial score (nSPS) is 14.6. The molecule has 4 heteroatoms. The number of likely N-dealkylation sites (N-methyl/N-ethyl adjacent to an activating group) is 1. The van der Waals surface area contributed by atoms with E-state index in [-0.39, 0.29) is 12.1 Å². The summed E-state index contributed by atoms with van der Waals surface area (Å²) in [5, 5.41) is 3.99. The Labute approximate surface area is 114 Å². The van der Waals surface area contributed by atoms with Crippen molar-refractivity contribution in [3.63, 3.8) is 0 Å². The van der Waals surface area contributed by atoms with Crippen LogP contribution in [0.25, 0.3) is 0 Å². The summed E-state index contributed by atoms with van der Waals surface area (Å²) in [6.45, 7) is 4.27. The van der Waals surface area contributed by atoms with Crippen LogP contribution in [0.4, 0.5) is 0 Å². The van der Waals surface area contributed by atoms with Gasteiger partial charge in [-0.2, -0.15) is 0 Å². The molecule has 0 aromatic heterocycles. The molecule has 1 aromatic carbocycles. The molecule has 0 aliphatic heterocycles. The van der Waals surface area contributed by atoms with E-state index in [1.54, 1.807) is 14.2 Å². The van der Waals surface area contributed by atoms with Crippen molar-refractivity contribution in [2.24, 2.45) is 5.92 Å². The number of rotatable bonds is 6. The number of hydrogen-bond acceptors (Lipinski definition) is 3. The molecule has 0 fully saturated rings. The first-order valence-corrected chi connectivity index (χ1v) is 6.46. The molecule has 0 aliphatic carbocycles. The smallest absolute Gasteiger partial charge is 0.123 e. The minimum atomic E-state index is 0.0450. The van der Waals surface area contributed by atoms with Crippen LogP contribution in [0.15, 0.2) is 18.2 Å². The van der Waals surface area contributed by atoms with Crippen LogP contribution >= 0.6 is 11.6 Å². The number of methoxy groups -OCH3 is 2. The Morgan fingerprint density at radius 1 is 1.22 bits per heavy atom. The lowest BCUT2D eigenvalue weighted by atomic mass is 9.93. The van der Waals surface area contributed by atoms with Crippen molar-refractivity contribution in [2.75, 3.05) is 21.3 Å². The summed E-state index contributed by atoms with van der Waals surface area (Å²) >= 11 is 6.08. The van der Waals surface area contributed by atoms with Crippen molar-refractivity contribution in [1.82, 2.24) is 5.32 Å². The highest BCUT2D eigenvalue weighted by atomic mass is 35.5. The van der Waals surface area contributed by atoms with E-state index in [0.29, 0.717) is 10.9 Å². The quantitative estimate of drug-likeness (QED) is 0.861. The number of halogens is 1. The van der Waals surface area contributed by atoms with Gasteiger partial charge in [-0.3, -0.25) is 0 Å². The lowest BCUT2D eigenvalue weighted by Gasteiger charge is -2.30. The molecule has 1 N–H and O–H groups in total. The second-order valence-electron chi connectivity index (χ2n) is 4.60. The van der Waals surface area contributed by atoms with Gasteiger partial charge in [0.2, 0.25) is 0 Å². The zero-order valence-corrected chi connectivity index (χ0v) is 12.4. The molecule has 0 saturated carbocycles. The third-order valence-electron chi connectivity index (χ3n) is 3.10. The van der Waals surface area contributed by atoms with Gasteiger partial charge >= 0.3 is 0 Å². The van der Waals surface area contributed by atoms with E-state index in [1.807, 2.05) is 25.2 Å². The number of ether oxygens (including phenoxy) is 2. The van der Waals surface area contributed by atoms with E-state index in [2.05, 4.69) is 19.2 Å². The molecule has 1 aromatic rings. The van der Waals surface area contributed by atoms with Gasteiger partial charge in [0.1, 0.15) is 5.75 Å². The van der Waals surface area contributed by atoms with Crippen molar-refractivity contribution in [3.05, 3.63) is 28.8 Å². The van der Waals surface area contributed by atoms with Crippen LogP contribution in [0.3, 0.4) is 0 Å². The summed E-state index contributed by atoms with van der Waals surface area (Å²) in [7, 11) is 5.31. The van der Waals surface area contributed by atoms with Crippen LogP contribution in [0.1, 0.15) is 25.5 Å². The van der Waals surface area contributed by atoms with Gasteiger partial charge in [-0.1, -0.05) is 25.4 Å². The third-order valence-corrected chi connectivity index (χ3v) is 3.33. The van der Waals surface area contributed by atoms with Crippen LogP contribution < -0.4 is 10.1 Å². The Kier molecular flexibility index (Phi) is 5.93. The maximum absolute atomic E-state index is 6.08. The second-order valence-corrected chi connectivity index (χ2v) is 5.03. The Hall–Kier alpha value is -0.770. The minimum Gasteiger partial charge on any atom is -0.496 e. The monoisotopic (exact) mass is 271 g/mol. The summed E-state index contributed by atoms with van der Waals surface area (Å²) in [4.78, 5) is 0. The highest BCUT2D eigenvalue weighted by Crippen LogP contribution is 2.33. The molecule has 2 atom stereocenters. The van der Waals surface area contributed by atoms with Crippen LogP contribution in [0.2, 0.25) is 5.02 Å². The Balaban J connectivity index is 3.18. The minimum absolute atomic E-state index is 0.0450. The average molecular weight is 272 g/mol. The predicted octanol–water partition coefficient (Wildman–Crippen LogP) is 3.28. The van der Waals surface area contributed by atoms with Gasteiger partial charge in [0.25, 0.3) is 0 Å². The van der Waals surface area contributed by atoms with E-state index in [4.69, 9.17) is 21.1 Å². The molecule has 0 saturated heterocycles. The van der Waals surface area contributed by atoms with Crippen LogP contribution in [-0.4, -0.2) is 27.4 Å². The number of benzene rings is 1. The molecular formula is C14H22ClNO2. The van der Waals surface area contributed by atoms with Gasteiger partial charge in [0, 0.05) is 17.7 Å². The summed E-state index contributed by atoms with van der Waals surface area (Å²) in [5.41, 5.74) is 1.02. The molecule has 18 heavy (non-hydrogen) atoms. The fourth-order valence-electron chi connectivity index (χ4n) is 2.24. The molecule has 1 rings (SSSR count). The van der Waals surface area contributed by atoms with Crippen LogP contribution in [0.5, 0.6) is 5.75 Å². The van der Waals surface area contributed by atoms with E-state index < -0.39 is 0 Å². The summed E-state index contributed by atoms with van der Waals surface area (Å²) in [6.07, 6.45) is 0.0577. The van der Waals surface area contributed by atoms with Gasteiger partial charge in [-0.05, 0) is 31.2 Å². The van der Waals surface area contributed by atoms with E-state index in [9.17, 15) is 0 Å². The summed E-state index contributed by atoms with van der Waals surface area (Å²) in [6, 6.07) is 5.68. The molecule has 0 spiro atoms. The van der Waals surface area contributed by atoms with E-state index >= 15 is 0 Å². The topological polar surface area (TPSA) is 30.5 Å². The molecule has 0 bridgehead atoms. The maximum Gasteiger partial charge on any atom is 0.123 e. The van der Waals surface area contributed by atoms with E-state index in [0.717, 1.165) is 11.3 Å². The molecule has 0 aliphatic rings. The summed E-state index contributed by atoms with van der Waals surface area (Å²) in [5.74, 6) is 1.21. The van der Waals surface area contributed by atoms with Gasteiger partial charge in [-0.25, -0.2) is 0 Å². The molecule has 2 unspecified atom stereocenters. The van der Waals surface area contributed by atoms with Crippen LogP contribution in [0, 0.1) is 5.92 Å². The first-order valence-electron chi connectivity index (χ1n) is 6.08. The lowest BCUT2D eigenvalue weighted by molar-refractivity contribution is 0.0342. The van der Waals surface area contributed by atoms with Crippen LogP contribution in [-0.2, 0) is 4.74 Å². The van der Waals surface area contributed by atoms with Gasteiger partial charge in [-0.15, -0.1) is 0 Å². The van der Waals surface area contributed by atoms with Crippen molar-refractivity contribution >= 4 is 11.6 Å². The maximum atomic E-state index is 6.08. The van der Waals surface area contributed by atoms with Gasteiger partial charge < -0.3 is 14.8 Å². The third kappa shape index (κ3) is 3.37. The highest BCUT2D eigenvalue weighted by molar-refractivity contribution is 6.30. The number of nitrogens with one attached hydrogen (secondary N) is 1. The van der Waals surface area contributed by atoms with Crippen molar-refractivity contribution in [1.29, 1.82) is 0 Å². The first-order chi connectivity index (χ1) is 8.54. The molecule has 102 valence electrons. The highest BCUT2D eigenvalue weighted by Gasteiger charge is 2.27. The SMILES string of the molecule is CNC(c1cc(Cl)ccc1OC)C(OC)C(C)C. The number of hydrogen-bond donors (Lipinski definition) is 1. The molecular weight excluding hydrogens is 250 g/mol. The zero-order chi connectivity index (χ0) is 13.7. The second kappa shape index (κ2) is 6.98. The molecule has 0 heterocycles. The Bertz CT molecular complexity index is 382. The molecule has 3 nitrogen and oxygen atoms in total. The van der Waals surface area contributed by atoms with Gasteiger partial charge in [0.15, 0.2) is 0 Å². The average Bonchev–Trinajstić information content (AvgIpc) is 2.35. The van der Waals surface area contributed by atoms with Crippen molar-refractivity contribution in [2.45, 2.75) is 26.0 Å². The van der Waals surface area contributed by atoms with Crippen molar-refractivity contribution < 1.29 is 9.47 Å². The Morgan fingerprint density at radius 3 is 2.33 bits per heavy atom. The van der Waals surface area contributed by atoms with Crippen molar-refractivity contribution in [3.8, 4) is 5.75 Å². The van der Waals surface area contributed by atoms with E-state index in [1.165, 1.54) is 0 Å². The van der Waals surface area contributed by atoms with Gasteiger partial charge in [0.05, 0.1) is 19.3 Å². The molecule has 0 amide bonds. The zero-order valence-electron chi connectivity index (χ0n) is 11.7. The standard InChI is InChI=1S/C14H22ClNO2/c1-9(2)14(18-5)13(16-3)11-8-10(15)6-7-12(11)17-4/h6-9,13-14,16H,1-5H3. The Morgan fingerprint density at radius 2 is 1.89 bits per heavy atom. The summed E-state index contributed by atoms with van der Waals surface area (Å²) < 4.78 is 11.0. The molecule has 0 radical (unpaired) electrons. The largest absolute Gasteiger partial charge is 0.496 e. The first kappa shape index (κ1) is 15.3. The lowest BCUT2D eigenvalue weighted by Crippen LogP contribution is -2.35. The fourth-order valence-corrected chi connectivity index (χ4v) is 2.42. The fraction of sp³-hybridized carbons (Fsp3) is 0.571.